The number of fused-ring (bicyclic) bond motifs is 1. The van der Waals surface area contributed by atoms with E-state index in [-0.39, 0.29) is 6.04 Å². The molecule has 1 fully saturated rings. The van der Waals surface area contributed by atoms with Crippen molar-refractivity contribution in [2.75, 3.05) is 6.61 Å². The predicted octanol–water partition coefficient (Wildman–Crippen LogP) is 3.59. The zero-order chi connectivity index (χ0) is 12.4. The van der Waals surface area contributed by atoms with Gasteiger partial charge < -0.3 is 10.5 Å². The Balaban J connectivity index is 1.59. The van der Waals surface area contributed by atoms with Crippen molar-refractivity contribution in [1.82, 2.24) is 0 Å². The first-order chi connectivity index (χ1) is 8.84. The van der Waals surface area contributed by atoms with Crippen molar-refractivity contribution in [3.8, 4) is 5.75 Å². The van der Waals surface area contributed by atoms with Gasteiger partial charge in [-0.3, -0.25) is 0 Å². The predicted molar refractivity (Wildman–Crippen MR) is 73.8 cm³/mol. The fraction of sp³-hybridized carbons (Fsp3) is 0.625. The maximum Gasteiger partial charge on any atom is 0.122 e. The molecule has 1 aromatic carbocycles. The van der Waals surface area contributed by atoms with E-state index < -0.39 is 0 Å². The monoisotopic (exact) mass is 245 g/mol. The van der Waals surface area contributed by atoms with E-state index in [0.717, 1.165) is 31.1 Å². The van der Waals surface area contributed by atoms with Crippen LogP contribution in [0, 0.1) is 5.92 Å². The van der Waals surface area contributed by atoms with Gasteiger partial charge in [-0.25, -0.2) is 0 Å². The van der Waals surface area contributed by atoms with Gasteiger partial charge in [0, 0.05) is 6.04 Å². The SMILES string of the molecule is NC1CCc2c(OCCC3CCCC3)cccc21. The summed E-state index contributed by atoms with van der Waals surface area (Å²) in [5.41, 5.74) is 8.75. The summed E-state index contributed by atoms with van der Waals surface area (Å²) in [7, 11) is 0. The Morgan fingerprint density at radius 1 is 1.17 bits per heavy atom. The molecule has 0 aromatic heterocycles. The summed E-state index contributed by atoms with van der Waals surface area (Å²) in [6.45, 7) is 0.871. The Morgan fingerprint density at radius 2 is 2.00 bits per heavy atom. The molecule has 0 heterocycles. The van der Waals surface area contributed by atoms with E-state index in [9.17, 15) is 0 Å². The van der Waals surface area contributed by atoms with Crippen LogP contribution in [0.15, 0.2) is 18.2 Å². The maximum absolute atomic E-state index is 6.09. The Kier molecular flexibility index (Phi) is 3.55. The molecule has 18 heavy (non-hydrogen) atoms. The van der Waals surface area contributed by atoms with Gasteiger partial charge in [0.1, 0.15) is 5.75 Å². The second kappa shape index (κ2) is 5.31. The maximum atomic E-state index is 6.09. The first kappa shape index (κ1) is 12.0. The molecule has 2 N–H and O–H groups in total. The van der Waals surface area contributed by atoms with Crippen molar-refractivity contribution in [1.29, 1.82) is 0 Å². The van der Waals surface area contributed by atoms with Gasteiger partial charge in [0.2, 0.25) is 0 Å². The summed E-state index contributed by atoms with van der Waals surface area (Å²) >= 11 is 0. The molecule has 1 aromatic rings. The molecule has 0 spiro atoms. The fourth-order valence-electron chi connectivity index (χ4n) is 3.42. The molecule has 0 amide bonds. The van der Waals surface area contributed by atoms with Crippen LogP contribution < -0.4 is 10.5 Å². The first-order valence-electron chi connectivity index (χ1n) is 7.35. The summed E-state index contributed by atoms with van der Waals surface area (Å²) < 4.78 is 6.00. The average molecular weight is 245 g/mol. The van der Waals surface area contributed by atoms with Crippen molar-refractivity contribution in [2.45, 2.75) is 51.0 Å². The smallest absolute Gasteiger partial charge is 0.122 e. The van der Waals surface area contributed by atoms with Crippen molar-refractivity contribution >= 4 is 0 Å². The fourth-order valence-corrected chi connectivity index (χ4v) is 3.42. The molecule has 0 aliphatic heterocycles. The van der Waals surface area contributed by atoms with Gasteiger partial charge >= 0.3 is 0 Å². The van der Waals surface area contributed by atoms with Gasteiger partial charge in [-0.2, -0.15) is 0 Å². The second-order valence-corrected chi connectivity index (χ2v) is 5.76. The van der Waals surface area contributed by atoms with E-state index in [1.165, 1.54) is 43.2 Å². The molecule has 2 aliphatic carbocycles. The van der Waals surface area contributed by atoms with Crippen LogP contribution in [-0.2, 0) is 6.42 Å². The first-order valence-corrected chi connectivity index (χ1v) is 7.35. The minimum Gasteiger partial charge on any atom is -0.493 e. The molecular formula is C16H23NO. The Bertz CT molecular complexity index is 410. The molecule has 3 rings (SSSR count). The van der Waals surface area contributed by atoms with Gasteiger partial charge in [-0.05, 0) is 42.4 Å². The molecule has 98 valence electrons. The Labute approximate surface area is 110 Å². The molecule has 2 nitrogen and oxygen atoms in total. The van der Waals surface area contributed by atoms with Crippen LogP contribution in [0.1, 0.15) is 55.7 Å². The summed E-state index contributed by atoms with van der Waals surface area (Å²) in [6.07, 6.45) is 9.01. The van der Waals surface area contributed by atoms with Crippen LogP contribution in [0.3, 0.4) is 0 Å². The van der Waals surface area contributed by atoms with E-state index in [1.807, 2.05) is 0 Å². The minimum atomic E-state index is 0.221. The lowest BCUT2D eigenvalue weighted by atomic mass is 10.1. The molecule has 1 atom stereocenters. The van der Waals surface area contributed by atoms with E-state index in [0.29, 0.717) is 0 Å². The van der Waals surface area contributed by atoms with Crippen LogP contribution in [-0.4, -0.2) is 6.61 Å². The number of hydrogen-bond acceptors (Lipinski definition) is 2. The lowest BCUT2D eigenvalue weighted by molar-refractivity contribution is 0.277. The van der Waals surface area contributed by atoms with E-state index in [4.69, 9.17) is 10.5 Å². The summed E-state index contributed by atoms with van der Waals surface area (Å²) in [6, 6.07) is 6.55. The molecule has 2 aliphatic rings. The molecule has 0 radical (unpaired) electrons. The highest BCUT2D eigenvalue weighted by atomic mass is 16.5. The van der Waals surface area contributed by atoms with Gasteiger partial charge in [0.25, 0.3) is 0 Å². The van der Waals surface area contributed by atoms with Crippen LogP contribution >= 0.6 is 0 Å². The molecule has 0 saturated heterocycles. The largest absolute Gasteiger partial charge is 0.493 e. The highest BCUT2D eigenvalue weighted by molar-refractivity contribution is 5.44. The molecule has 1 saturated carbocycles. The number of hydrogen-bond donors (Lipinski definition) is 1. The summed E-state index contributed by atoms with van der Waals surface area (Å²) in [4.78, 5) is 0. The lowest BCUT2D eigenvalue weighted by Crippen LogP contribution is -2.07. The zero-order valence-electron chi connectivity index (χ0n) is 11.0. The molecule has 0 bridgehead atoms. The van der Waals surface area contributed by atoms with Crippen LogP contribution in [0.25, 0.3) is 0 Å². The van der Waals surface area contributed by atoms with Crippen LogP contribution in [0.2, 0.25) is 0 Å². The van der Waals surface area contributed by atoms with Gasteiger partial charge in [-0.1, -0.05) is 37.8 Å². The topological polar surface area (TPSA) is 35.2 Å². The average Bonchev–Trinajstić information content (AvgIpc) is 3.01. The van der Waals surface area contributed by atoms with Crippen molar-refractivity contribution < 1.29 is 4.74 Å². The van der Waals surface area contributed by atoms with Crippen molar-refractivity contribution in [2.24, 2.45) is 11.7 Å². The lowest BCUT2D eigenvalue weighted by Gasteiger charge is -2.13. The van der Waals surface area contributed by atoms with E-state index >= 15 is 0 Å². The number of rotatable bonds is 4. The molecule has 1 unspecified atom stereocenters. The Morgan fingerprint density at radius 3 is 2.83 bits per heavy atom. The standard InChI is InChI=1S/C16H23NO/c17-15-9-8-14-13(15)6-3-7-16(14)18-11-10-12-4-1-2-5-12/h3,6-7,12,15H,1-2,4-5,8-11,17H2. The second-order valence-electron chi connectivity index (χ2n) is 5.76. The quantitative estimate of drug-likeness (QED) is 0.879. The zero-order valence-corrected chi connectivity index (χ0v) is 11.0. The highest BCUT2D eigenvalue weighted by Crippen LogP contribution is 2.36. The third-order valence-electron chi connectivity index (χ3n) is 4.53. The normalized spacial score (nSPS) is 23.3. The van der Waals surface area contributed by atoms with Gasteiger partial charge in [0.15, 0.2) is 0 Å². The number of nitrogens with two attached hydrogens (primary N) is 1. The highest BCUT2D eigenvalue weighted by Gasteiger charge is 2.22. The minimum absolute atomic E-state index is 0.221. The van der Waals surface area contributed by atoms with E-state index in [1.54, 1.807) is 0 Å². The molecular weight excluding hydrogens is 222 g/mol. The third-order valence-corrected chi connectivity index (χ3v) is 4.53. The Hall–Kier alpha value is -1.02. The van der Waals surface area contributed by atoms with Gasteiger partial charge in [-0.15, -0.1) is 0 Å². The van der Waals surface area contributed by atoms with Gasteiger partial charge in [0.05, 0.1) is 6.61 Å². The van der Waals surface area contributed by atoms with Crippen LogP contribution in [0.5, 0.6) is 5.75 Å². The summed E-state index contributed by atoms with van der Waals surface area (Å²) in [5, 5.41) is 0. The number of benzene rings is 1. The summed E-state index contributed by atoms with van der Waals surface area (Å²) in [5.74, 6) is 1.99. The van der Waals surface area contributed by atoms with Crippen LogP contribution in [0.4, 0.5) is 0 Å². The number of ether oxygens (including phenoxy) is 1. The van der Waals surface area contributed by atoms with E-state index in [2.05, 4.69) is 18.2 Å². The van der Waals surface area contributed by atoms with Crippen molar-refractivity contribution in [3.63, 3.8) is 0 Å². The van der Waals surface area contributed by atoms with Crippen molar-refractivity contribution in [3.05, 3.63) is 29.3 Å². The third kappa shape index (κ3) is 2.39. The molecule has 2 heteroatoms.